The van der Waals surface area contributed by atoms with Gasteiger partial charge in [0.1, 0.15) is 13.2 Å². The summed E-state index contributed by atoms with van der Waals surface area (Å²) in [6.07, 6.45) is 90.6. The molecule has 0 amide bonds. The Morgan fingerprint density at radius 2 is 0.545 bits per heavy atom. The lowest BCUT2D eigenvalue weighted by Crippen LogP contribution is -2.30. The molecule has 0 aromatic heterocycles. The normalized spacial score (nSPS) is 13.0. The van der Waals surface area contributed by atoms with E-state index in [4.69, 9.17) is 14.2 Å². The van der Waals surface area contributed by atoms with E-state index in [1.165, 1.54) is 128 Å². The highest BCUT2D eigenvalue weighted by Crippen LogP contribution is 2.16. The zero-order chi connectivity index (χ0) is 55.7. The molecule has 1 atom stereocenters. The SMILES string of the molecule is CC/C=C\C/C=C\C/C=C\C/C=C\C/C=C\C/C=C\CCCCCCCCCCCCCCC(=O)OCC(COC(=O)CCCCCCCCCCCCCCC)OC(=O)C/C=C\C/C=C\C/C=C\C/C=C\C/C=C\CC. The first kappa shape index (κ1) is 72.5. The van der Waals surface area contributed by atoms with E-state index in [0.717, 1.165) is 109 Å². The highest BCUT2D eigenvalue weighted by Gasteiger charge is 2.19. The maximum Gasteiger partial charge on any atom is 0.310 e. The Morgan fingerprint density at radius 1 is 0.286 bits per heavy atom. The van der Waals surface area contributed by atoms with Gasteiger partial charge in [-0.25, -0.2) is 0 Å². The molecular formula is C71H116O6. The molecule has 1 unspecified atom stereocenters. The fourth-order valence-electron chi connectivity index (χ4n) is 8.52. The monoisotopic (exact) mass is 1060 g/mol. The quantitative estimate of drug-likeness (QED) is 0.0261. The third kappa shape index (κ3) is 62.3. The lowest BCUT2D eigenvalue weighted by atomic mass is 10.0. The first-order valence-corrected chi connectivity index (χ1v) is 31.7. The maximum atomic E-state index is 12.8. The van der Waals surface area contributed by atoms with Crippen LogP contribution in [0.5, 0.6) is 0 Å². The van der Waals surface area contributed by atoms with Gasteiger partial charge in [-0.05, 0) is 96.3 Å². The number of ether oxygens (including phenoxy) is 3. The summed E-state index contributed by atoms with van der Waals surface area (Å²) in [7, 11) is 0. The minimum Gasteiger partial charge on any atom is -0.462 e. The van der Waals surface area contributed by atoms with Crippen LogP contribution < -0.4 is 0 Å². The molecule has 0 aromatic rings. The zero-order valence-electron chi connectivity index (χ0n) is 49.9. The van der Waals surface area contributed by atoms with Gasteiger partial charge < -0.3 is 14.2 Å². The van der Waals surface area contributed by atoms with Gasteiger partial charge >= 0.3 is 17.9 Å². The van der Waals surface area contributed by atoms with E-state index in [2.05, 4.69) is 142 Å². The molecule has 0 saturated carbocycles. The number of hydrogen-bond donors (Lipinski definition) is 0. The van der Waals surface area contributed by atoms with E-state index >= 15 is 0 Å². The molecule has 0 aliphatic rings. The first-order chi connectivity index (χ1) is 38.0. The third-order valence-electron chi connectivity index (χ3n) is 13.2. The summed E-state index contributed by atoms with van der Waals surface area (Å²) >= 11 is 0. The maximum absolute atomic E-state index is 12.8. The van der Waals surface area contributed by atoms with Crippen molar-refractivity contribution in [1.82, 2.24) is 0 Å². The topological polar surface area (TPSA) is 78.9 Å². The second kappa shape index (κ2) is 64.1. The molecular weight excluding hydrogens is 949 g/mol. The van der Waals surface area contributed by atoms with Crippen molar-refractivity contribution in [3.05, 3.63) is 134 Å². The van der Waals surface area contributed by atoms with Crippen LogP contribution in [0, 0.1) is 0 Å². The van der Waals surface area contributed by atoms with Gasteiger partial charge in [-0.2, -0.15) is 0 Å². The number of rotatable bonds is 56. The van der Waals surface area contributed by atoms with Crippen LogP contribution in [0.4, 0.5) is 0 Å². The van der Waals surface area contributed by atoms with Gasteiger partial charge in [0.15, 0.2) is 6.10 Å². The van der Waals surface area contributed by atoms with Gasteiger partial charge in [-0.1, -0.05) is 296 Å². The molecule has 0 rings (SSSR count). The van der Waals surface area contributed by atoms with Gasteiger partial charge in [-0.3, -0.25) is 14.4 Å². The summed E-state index contributed by atoms with van der Waals surface area (Å²) in [5.74, 6) is -1.05. The first-order valence-electron chi connectivity index (χ1n) is 31.7. The second-order valence-electron chi connectivity index (χ2n) is 20.6. The van der Waals surface area contributed by atoms with Crippen LogP contribution in [0.25, 0.3) is 0 Å². The summed E-state index contributed by atoms with van der Waals surface area (Å²) in [6.45, 7) is 6.33. The van der Waals surface area contributed by atoms with Crippen molar-refractivity contribution in [3.63, 3.8) is 0 Å². The van der Waals surface area contributed by atoms with Gasteiger partial charge in [-0.15, -0.1) is 0 Å². The van der Waals surface area contributed by atoms with Gasteiger partial charge in [0.25, 0.3) is 0 Å². The average molecular weight is 1070 g/mol. The Bertz CT molecular complexity index is 1650. The number of hydrogen-bond acceptors (Lipinski definition) is 6. The predicted molar refractivity (Wildman–Crippen MR) is 334 cm³/mol. The van der Waals surface area contributed by atoms with Gasteiger partial charge in [0, 0.05) is 12.8 Å². The van der Waals surface area contributed by atoms with Crippen molar-refractivity contribution in [2.45, 2.75) is 284 Å². The second-order valence-corrected chi connectivity index (χ2v) is 20.6. The van der Waals surface area contributed by atoms with Crippen molar-refractivity contribution < 1.29 is 28.6 Å². The summed E-state index contributed by atoms with van der Waals surface area (Å²) < 4.78 is 16.8. The lowest BCUT2D eigenvalue weighted by molar-refractivity contribution is -0.166. The number of carbonyl (C=O) groups is 3. The predicted octanol–water partition coefficient (Wildman–Crippen LogP) is 21.8. The summed E-state index contributed by atoms with van der Waals surface area (Å²) in [6, 6.07) is 0. The fraction of sp³-hybridized carbons (Fsp3) is 0.648. The van der Waals surface area contributed by atoms with E-state index < -0.39 is 12.1 Å². The Morgan fingerprint density at radius 3 is 0.857 bits per heavy atom. The summed E-state index contributed by atoms with van der Waals surface area (Å²) in [5, 5.41) is 0. The van der Waals surface area contributed by atoms with Crippen molar-refractivity contribution in [2.75, 3.05) is 13.2 Å². The minimum absolute atomic E-state index is 0.0944. The Kier molecular flexibility index (Phi) is 60.4. The molecule has 0 saturated heterocycles. The molecule has 6 heteroatoms. The molecule has 0 bridgehead atoms. The average Bonchev–Trinajstić information content (AvgIpc) is 3.43. The molecule has 0 N–H and O–H groups in total. The Hall–Kier alpha value is -4.45. The van der Waals surface area contributed by atoms with E-state index in [1.807, 2.05) is 6.08 Å². The molecule has 0 aliphatic heterocycles. The van der Waals surface area contributed by atoms with E-state index in [-0.39, 0.29) is 31.6 Å². The minimum atomic E-state index is -0.835. The zero-order valence-corrected chi connectivity index (χ0v) is 49.9. The molecule has 6 nitrogen and oxygen atoms in total. The number of esters is 3. The van der Waals surface area contributed by atoms with Crippen LogP contribution in [-0.4, -0.2) is 37.2 Å². The third-order valence-corrected chi connectivity index (χ3v) is 13.2. The summed E-state index contributed by atoms with van der Waals surface area (Å²) in [4.78, 5) is 38.2. The van der Waals surface area contributed by atoms with Crippen molar-refractivity contribution in [3.8, 4) is 0 Å². The fourth-order valence-corrected chi connectivity index (χ4v) is 8.52. The molecule has 436 valence electrons. The van der Waals surface area contributed by atoms with Crippen molar-refractivity contribution >= 4 is 17.9 Å². The molecule has 77 heavy (non-hydrogen) atoms. The number of allylic oxidation sites excluding steroid dienone is 21. The molecule has 0 spiro atoms. The van der Waals surface area contributed by atoms with Crippen LogP contribution in [0.2, 0.25) is 0 Å². The highest BCUT2D eigenvalue weighted by molar-refractivity contribution is 5.72. The van der Waals surface area contributed by atoms with Crippen molar-refractivity contribution in [2.24, 2.45) is 0 Å². The van der Waals surface area contributed by atoms with Crippen molar-refractivity contribution in [1.29, 1.82) is 0 Å². The molecule has 0 aliphatic carbocycles. The van der Waals surface area contributed by atoms with Crippen LogP contribution in [-0.2, 0) is 28.6 Å². The smallest absolute Gasteiger partial charge is 0.310 e. The lowest BCUT2D eigenvalue weighted by Gasteiger charge is -2.18. The Labute approximate surface area is 475 Å². The van der Waals surface area contributed by atoms with Crippen LogP contribution in [0.3, 0.4) is 0 Å². The standard InChI is InChI=1S/C71H116O6/c1-4-7-10-13-16-19-22-25-27-28-29-30-31-32-33-34-35-36-37-38-39-40-41-42-44-46-49-52-55-58-61-64-70(73)76-67-68(66-75-69(72)63-60-57-54-51-48-45-24-21-18-15-12-9-6-3)77-71(74)65-62-59-56-53-50-47-43-26-23-20-17-14-11-8-5-2/h7-8,10-11,16-17,19-20,25-27,29-30,32-33,35-36,43,50,53,59,62,68H,4-6,9,12-15,18,21-24,28,31,34,37-42,44-49,51-52,54-58,60-61,63-67H2,1-3H3/b10-7-,11-8-,19-16-,20-17-,27-25-,30-29-,33-32-,36-35-,43-26-,53-50-,62-59-. The van der Waals surface area contributed by atoms with Gasteiger partial charge in [0.2, 0.25) is 0 Å². The largest absolute Gasteiger partial charge is 0.462 e. The number of unbranched alkanes of at least 4 members (excludes halogenated alkanes) is 24. The van der Waals surface area contributed by atoms with Crippen LogP contribution in [0.1, 0.15) is 278 Å². The van der Waals surface area contributed by atoms with Gasteiger partial charge in [0.05, 0.1) is 6.42 Å². The molecule has 0 aromatic carbocycles. The summed E-state index contributed by atoms with van der Waals surface area (Å²) in [5.41, 5.74) is 0. The molecule has 0 heterocycles. The van der Waals surface area contributed by atoms with E-state index in [0.29, 0.717) is 12.8 Å². The molecule has 0 radical (unpaired) electrons. The van der Waals surface area contributed by atoms with E-state index in [1.54, 1.807) is 6.08 Å². The Balaban J connectivity index is 4.30. The highest BCUT2D eigenvalue weighted by atomic mass is 16.6. The van der Waals surface area contributed by atoms with Crippen LogP contribution >= 0.6 is 0 Å². The van der Waals surface area contributed by atoms with E-state index in [9.17, 15) is 14.4 Å². The number of carbonyl (C=O) groups excluding carboxylic acids is 3. The molecule has 0 fully saturated rings. The van der Waals surface area contributed by atoms with Crippen LogP contribution in [0.15, 0.2) is 134 Å².